The molecular weight excluding hydrogens is 247 g/mol. The Bertz CT molecular complexity index is 414. The summed E-state index contributed by atoms with van der Waals surface area (Å²) >= 11 is 0. The second-order valence-electron chi connectivity index (χ2n) is 4.24. The molecule has 1 fully saturated rings. The first kappa shape index (κ1) is 13.0. The van der Waals surface area contributed by atoms with Crippen LogP contribution in [0.4, 0.5) is 13.2 Å². The fourth-order valence-corrected chi connectivity index (χ4v) is 2.14. The minimum absolute atomic E-state index is 0.115. The number of alkyl halides is 3. The maximum atomic E-state index is 12.1. The van der Waals surface area contributed by atoms with Crippen LogP contribution in [0.25, 0.3) is 0 Å². The predicted octanol–water partition coefficient (Wildman–Crippen LogP) is 3.11. The molecule has 1 aromatic rings. The molecular formula is C12H14F3NO2. The first-order valence-electron chi connectivity index (χ1n) is 5.78. The third-order valence-corrected chi connectivity index (χ3v) is 2.94. The lowest BCUT2D eigenvalue weighted by molar-refractivity contribution is -0.275. The molecule has 2 rings (SSSR count). The zero-order chi connectivity index (χ0) is 13.2. The van der Waals surface area contributed by atoms with Crippen LogP contribution in [0.5, 0.6) is 11.5 Å². The van der Waals surface area contributed by atoms with Crippen LogP contribution >= 0.6 is 0 Å². The number of halogens is 3. The van der Waals surface area contributed by atoms with Gasteiger partial charge in [0, 0.05) is 11.6 Å². The molecule has 0 amide bonds. The number of hydrogen-bond acceptors (Lipinski definition) is 3. The summed E-state index contributed by atoms with van der Waals surface area (Å²) < 4.78 is 40.2. The van der Waals surface area contributed by atoms with Crippen LogP contribution in [0.2, 0.25) is 0 Å². The fraction of sp³-hybridized carbons (Fsp3) is 0.500. The van der Waals surface area contributed by atoms with Gasteiger partial charge in [-0.05, 0) is 25.5 Å². The molecule has 1 aromatic carbocycles. The molecule has 6 heteroatoms. The summed E-state index contributed by atoms with van der Waals surface area (Å²) in [5.41, 5.74) is 0.455. The van der Waals surface area contributed by atoms with Gasteiger partial charge in [0.05, 0.1) is 0 Å². The van der Waals surface area contributed by atoms with E-state index in [0.29, 0.717) is 5.56 Å². The minimum Gasteiger partial charge on any atom is -0.504 e. The van der Waals surface area contributed by atoms with Crippen LogP contribution in [0.3, 0.4) is 0 Å². The summed E-state index contributed by atoms with van der Waals surface area (Å²) in [6.07, 6.45) is -1.98. The van der Waals surface area contributed by atoms with E-state index in [-0.39, 0.29) is 6.04 Å². The van der Waals surface area contributed by atoms with Gasteiger partial charge >= 0.3 is 6.36 Å². The number of aromatic hydroxyl groups is 1. The maximum absolute atomic E-state index is 12.1. The summed E-state index contributed by atoms with van der Waals surface area (Å²) in [4.78, 5) is 0. The lowest BCUT2D eigenvalue weighted by Gasteiger charge is -2.25. The van der Waals surface area contributed by atoms with E-state index in [1.807, 2.05) is 0 Å². The Morgan fingerprint density at radius 3 is 2.67 bits per heavy atom. The monoisotopic (exact) mass is 261 g/mol. The number of phenolic OH excluding ortho intramolecular Hbond substituents is 1. The Labute approximate surface area is 103 Å². The van der Waals surface area contributed by atoms with Gasteiger partial charge in [0.1, 0.15) is 0 Å². The molecule has 0 bridgehead atoms. The van der Waals surface area contributed by atoms with Gasteiger partial charge < -0.3 is 15.2 Å². The zero-order valence-electron chi connectivity index (χ0n) is 9.63. The average molecular weight is 261 g/mol. The van der Waals surface area contributed by atoms with Crippen LogP contribution in [0.1, 0.15) is 30.9 Å². The number of rotatable bonds is 2. The number of nitrogens with one attached hydrogen (secondary N) is 1. The van der Waals surface area contributed by atoms with Crippen molar-refractivity contribution in [3.05, 3.63) is 23.8 Å². The molecule has 1 heterocycles. The molecule has 0 aromatic heterocycles. The summed E-state index contributed by atoms with van der Waals surface area (Å²) in [7, 11) is 0. The molecule has 18 heavy (non-hydrogen) atoms. The van der Waals surface area contributed by atoms with Gasteiger partial charge in [-0.15, -0.1) is 13.2 Å². The zero-order valence-corrected chi connectivity index (χ0v) is 9.63. The van der Waals surface area contributed by atoms with Gasteiger partial charge in [-0.1, -0.05) is 18.6 Å². The molecule has 0 saturated carbocycles. The van der Waals surface area contributed by atoms with Gasteiger partial charge in [-0.3, -0.25) is 0 Å². The van der Waals surface area contributed by atoms with Crippen molar-refractivity contribution in [2.24, 2.45) is 0 Å². The number of ether oxygens (including phenoxy) is 1. The Kier molecular flexibility index (Phi) is 3.65. The van der Waals surface area contributed by atoms with Crippen LogP contribution < -0.4 is 10.1 Å². The van der Waals surface area contributed by atoms with E-state index in [4.69, 9.17) is 0 Å². The quantitative estimate of drug-likeness (QED) is 0.859. The summed E-state index contributed by atoms with van der Waals surface area (Å²) in [6, 6.07) is 4.05. The van der Waals surface area contributed by atoms with Crippen LogP contribution in [-0.2, 0) is 0 Å². The van der Waals surface area contributed by atoms with Gasteiger partial charge in [0.15, 0.2) is 11.5 Å². The van der Waals surface area contributed by atoms with E-state index < -0.39 is 17.9 Å². The molecule has 1 aliphatic rings. The summed E-state index contributed by atoms with van der Waals surface area (Å²) in [6.45, 7) is 0.800. The van der Waals surface area contributed by atoms with E-state index in [1.165, 1.54) is 6.07 Å². The highest BCUT2D eigenvalue weighted by atomic mass is 19.4. The van der Waals surface area contributed by atoms with Crippen molar-refractivity contribution in [1.82, 2.24) is 5.32 Å². The molecule has 3 nitrogen and oxygen atoms in total. The van der Waals surface area contributed by atoms with Crippen molar-refractivity contribution in [2.45, 2.75) is 31.7 Å². The predicted molar refractivity (Wildman–Crippen MR) is 59.4 cm³/mol. The fourth-order valence-electron chi connectivity index (χ4n) is 2.14. The maximum Gasteiger partial charge on any atom is 0.573 e. The standard InChI is InChI=1S/C12H14F3NO2/c13-12(14,15)18-10-6-3-4-8(11(10)17)9-5-1-2-7-16-9/h3-4,6,9,16-17H,1-2,5,7H2/t9-/m0/s1. The Balaban J connectivity index is 2.23. The van der Waals surface area contributed by atoms with Crippen molar-refractivity contribution >= 4 is 0 Å². The van der Waals surface area contributed by atoms with Crippen molar-refractivity contribution in [1.29, 1.82) is 0 Å². The number of piperidine rings is 1. The third-order valence-electron chi connectivity index (χ3n) is 2.94. The third kappa shape index (κ3) is 3.07. The van der Waals surface area contributed by atoms with Crippen molar-refractivity contribution in [3.8, 4) is 11.5 Å². The van der Waals surface area contributed by atoms with Gasteiger partial charge in [-0.25, -0.2) is 0 Å². The van der Waals surface area contributed by atoms with E-state index >= 15 is 0 Å². The summed E-state index contributed by atoms with van der Waals surface area (Å²) in [5.74, 6) is -0.985. The molecule has 0 radical (unpaired) electrons. The molecule has 1 atom stereocenters. The topological polar surface area (TPSA) is 41.5 Å². The van der Waals surface area contributed by atoms with E-state index in [9.17, 15) is 18.3 Å². The van der Waals surface area contributed by atoms with Gasteiger partial charge in [0.25, 0.3) is 0 Å². The number of phenols is 1. The Morgan fingerprint density at radius 2 is 2.06 bits per heavy atom. The highest BCUT2D eigenvalue weighted by Gasteiger charge is 2.33. The highest BCUT2D eigenvalue weighted by molar-refractivity contribution is 5.47. The second-order valence-corrected chi connectivity index (χ2v) is 4.24. The normalized spacial score (nSPS) is 20.7. The van der Waals surface area contributed by atoms with Gasteiger partial charge in [0.2, 0.25) is 0 Å². The smallest absolute Gasteiger partial charge is 0.504 e. The second kappa shape index (κ2) is 5.06. The van der Waals surface area contributed by atoms with E-state index in [2.05, 4.69) is 10.1 Å². The first-order valence-corrected chi connectivity index (χ1v) is 5.78. The largest absolute Gasteiger partial charge is 0.573 e. The number of hydrogen-bond donors (Lipinski definition) is 2. The molecule has 0 unspecified atom stereocenters. The molecule has 1 saturated heterocycles. The van der Waals surface area contributed by atoms with Crippen LogP contribution in [0, 0.1) is 0 Å². The van der Waals surface area contributed by atoms with Crippen molar-refractivity contribution < 1.29 is 23.0 Å². The lowest BCUT2D eigenvalue weighted by atomic mass is 9.96. The van der Waals surface area contributed by atoms with Crippen molar-refractivity contribution in [2.75, 3.05) is 6.54 Å². The Hall–Kier alpha value is -1.43. The van der Waals surface area contributed by atoms with E-state index in [0.717, 1.165) is 31.9 Å². The molecule has 0 aliphatic carbocycles. The van der Waals surface area contributed by atoms with E-state index in [1.54, 1.807) is 6.07 Å². The van der Waals surface area contributed by atoms with Crippen LogP contribution in [-0.4, -0.2) is 18.0 Å². The SMILES string of the molecule is Oc1c(OC(F)(F)F)cccc1[C@@H]1CCCCN1. The Morgan fingerprint density at radius 1 is 1.28 bits per heavy atom. The van der Waals surface area contributed by atoms with Crippen molar-refractivity contribution in [3.63, 3.8) is 0 Å². The first-order chi connectivity index (χ1) is 8.47. The van der Waals surface area contributed by atoms with Crippen LogP contribution in [0.15, 0.2) is 18.2 Å². The number of para-hydroxylation sites is 1. The molecule has 100 valence electrons. The molecule has 0 spiro atoms. The van der Waals surface area contributed by atoms with Gasteiger partial charge in [-0.2, -0.15) is 0 Å². The molecule has 2 N–H and O–H groups in total. The number of benzene rings is 1. The molecule has 1 aliphatic heterocycles. The average Bonchev–Trinajstić information content (AvgIpc) is 2.31. The lowest BCUT2D eigenvalue weighted by Crippen LogP contribution is -2.27. The minimum atomic E-state index is -4.80. The highest BCUT2D eigenvalue weighted by Crippen LogP contribution is 2.38. The summed E-state index contributed by atoms with van der Waals surface area (Å²) in [5, 5.41) is 13.0.